The summed E-state index contributed by atoms with van der Waals surface area (Å²) >= 11 is 0. The Labute approximate surface area is 212 Å². The third kappa shape index (κ3) is 4.20. The summed E-state index contributed by atoms with van der Waals surface area (Å²) in [6, 6.07) is 14.5. The first-order valence-electron chi connectivity index (χ1n) is 12.9. The predicted octanol–water partition coefficient (Wildman–Crippen LogP) is 5.47. The van der Waals surface area contributed by atoms with Crippen LogP contribution in [0.15, 0.2) is 61.1 Å². The number of nitrogens with zero attached hydrogens (tertiary/aromatic N) is 5. The molecule has 36 heavy (non-hydrogen) atoms. The molecule has 2 aliphatic heterocycles. The molecule has 0 unspecified atom stereocenters. The number of amides is 1. The standard InChI is InChI=1S/C30H33N5O/c1-30(2)9-12-34(13-10-30)29(36)22-6-4-21(5-7-22)23-16-24(19-31-18-23)26-8-11-32-28-27(26)17-25-20-33(3)14-15-35(25)28/h4-8,11,16-19H,9-10,12-15,20H2,1-3H3. The fraction of sp³-hybridized carbons (Fsp3) is 0.367. The van der Waals surface area contributed by atoms with Gasteiger partial charge in [0.1, 0.15) is 5.65 Å². The van der Waals surface area contributed by atoms with Crippen LogP contribution in [-0.4, -0.2) is 56.9 Å². The lowest BCUT2D eigenvalue weighted by Crippen LogP contribution is -2.41. The lowest BCUT2D eigenvalue weighted by atomic mass is 9.82. The van der Waals surface area contributed by atoms with Gasteiger partial charge in [0.05, 0.1) is 0 Å². The van der Waals surface area contributed by atoms with E-state index in [0.29, 0.717) is 5.41 Å². The van der Waals surface area contributed by atoms with Gasteiger partial charge in [-0.2, -0.15) is 0 Å². The van der Waals surface area contributed by atoms with E-state index in [1.807, 2.05) is 47.8 Å². The maximum Gasteiger partial charge on any atom is 0.253 e. The van der Waals surface area contributed by atoms with E-state index in [1.54, 1.807) is 0 Å². The van der Waals surface area contributed by atoms with E-state index in [1.165, 1.54) is 11.1 Å². The van der Waals surface area contributed by atoms with Crippen molar-refractivity contribution in [3.05, 3.63) is 72.3 Å². The van der Waals surface area contributed by atoms with E-state index in [9.17, 15) is 4.79 Å². The van der Waals surface area contributed by atoms with Crippen LogP contribution in [0.25, 0.3) is 33.3 Å². The van der Waals surface area contributed by atoms with Gasteiger partial charge in [-0.25, -0.2) is 4.98 Å². The number of pyridine rings is 2. The summed E-state index contributed by atoms with van der Waals surface area (Å²) in [4.78, 5) is 26.6. The van der Waals surface area contributed by atoms with E-state index in [4.69, 9.17) is 4.98 Å². The largest absolute Gasteiger partial charge is 0.339 e. The number of hydrogen-bond donors (Lipinski definition) is 0. The Kier molecular flexibility index (Phi) is 5.64. The molecule has 1 amide bonds. The number of fused-ring (bicyclic) bond motifs is 3. The van der Waals surface area contributed by atoms with Crippen molar-refractivity contribution in [3.8, 4) is 22.3 Å². The molecule has 5 heterocycles. The quantitative estimate of drug-likeness (QED) is 0.391. The van der Waals surface area contributed by atoms with Crippen LogP contribution in [0.2, 0.25) is 0 Å². The summed E-state index contributed by atoms with van der Waals surface area (Å²) in [6.45, 7) is 9.17. The molecule has 2 aliphatic rings. The SMILES string of the molecule is CN1CCn2c(cc3c(-c4cncc(-c5ccc(C(=O)N6CCC(C)(C)CC6)cc5)c4)ccnc32)C1. The maximum absolute atomic E-state index is 13.0. The summed E-state index contributed by atoms with van der Waals surface area (Å²) in [5, 5.41) is 1.17. The second-order valence-corrected chi connectivity index (χ2v) is 11.1. The van der Waals surface area contributed by atoms with Crippen molar-refractivity contribution in [1.29, 1.82) is 0 Å². The Bertz CT molecular complexity index is 1430. The van der Waals surface area contributed by atoms with Gasteiger partial charge in [0, 0.05) is 79.1 Å². The number of aromatic nitrogens is 3. The van der Waals surface area contributed by atoms with E-state index < -0.39 is 0 Å². The zero-order valence-corrected chi connectivity index (χ0v) is 21.4. The Hall–Kier alpha value is -3.51. The number of carbonyl (C=O) groups is 1. The molecule has 184 valence electrons. The van der Waals surface area contributed by atoms with Crippen LogP contribution >= 0.6 is 0 Å². The monoisotopic (exact) mass is 479 g/mol. The van der Waals surface area contributed by atoms with Crippen molar-refractivity contribution in [2.75, 3.05) is 26.7 Å². The Balaban J connectivity index is 1.27. The van der Waals surface area contributed by atoms with Crippen LogP contribution in [0.5, 0.6) is 0 Å². The summed E-state index contributed by atoms with van der Waals surface area (Å²) in [7, 11) is 2.16. The molecule has 0 aliphatic carbocycles. The molecule has 0 saturated carbocycles. The van der Waals surface area contributed by atoms with Crippen molar-refractivity contribution in [2.45, 2.75) is 39.8 Å². The zero-order valence-electron chi connectivity index (χ0n) is 21.4. The van der Waals surface area contributed by atoms with Crippen molar-refractivity contribution in [3.63, 3.8) is 0 Å². The molecule has 0 bridgehead atoms. The molecule has 6 heteroatoms. The third-order valence-corrected chi connectivity index (χ3v) is 7.94. The number of rotatable bonds is 3. The molecular formula is C30H33N5O. The minimum absolute atomic E-state index is 0.131. The molecule has 0 N–H and O–H groups in total. The molecule has 6 rings (SSSR count). The minimum atomic E-state index is 0.131. The van der Waals surface area contributed by atoms with Crippen LogP contribution in [0, 0.1) is 5.41 Å². The van der Waals surface area contributed by atoms with Gasteiger partial charge in [0.25, 0.3) is 5.91 Å². The van der Waals surface area contributed by atoms with Crippen LogP contribution in [0.3, 0.4) is 0 Å². The van der Waals surface area contributed by atoms with Gasteiger partial charge in [-0.3, -0.25) is 14.7 Å². The average Bonchev–Trinajstić information content (AvgIpc) is 3.26. The number of benzene rings is 1. The van der Waals surface area contributed by atoms with Gasteiger partial charge in [-0.1, -0.05) is 26.0 Å². The molecule has 1 saturated heterocycles. The highest BCUT2D eigenvalue weighted by molar-refractivity contribution is 5.96. The third-order valence-electron chi connectivity index (χ3n) is 7.94. The van der Waals surface area contributed by atoms with Gasteiger partial charge >= 0.3 is 0 Å². The zero-order chi connectivity index (χ0) is 24.9. The van der Waals surface area contributed by atoms with Gasteiger partial charge in [-0.05, 0) is 66.8 Å². The second kappa shape index (κ2) is 8.86. The van der Waals surface area contributed by atoms with Crippen molar-refractivity contribution >= 4 is 16.9 Å². The number of piperidine rings is 1. The van der Waals surface area contributed by atoms with Gasteiger partial charge in [-0.15, -0.1) is 0 Å². The van der Waals surface area contributed by atoms with Crippen LogP contribution in [-0.2, 0) is 13.1 Å². The van der Waals surface area contributed by atoms with Crippen LogP contribution in [0.1, 0.15) is 42.7 Å². The molecule has 0 spiro atoms. The molecule has 0 atom stereocenters. The van der Waals surface area contributed by atoms with Gasteiger partial charge in [0.2, 0.25) is 0 Å². The summed E-state index contributed by atoms with van der Waals surface area (Å²) < 4.78 is 2.34. The number of likely N-dealkylation sites (N-methyl/N-ethyl adjacent to an activating group) is 1. The smallest absolute Gasteiger partial charge is 0.253 e. The van der Waals surface area contributed by atoms with Crippen LogP contribution in [0.4, 0.5) is 0 Å². The lowest BCUT2D eigenvalue weighted by molar-refractivity contribution is 0.0630. The first-order valence-corrected chi connectivity index (χ1v) is 12.9. The van der Waals surface area contributed by atoms with E-state index in [2.05, 4.69) is 53.5 Å². The molecule has 4 aromatic rings. The maximum atomic E-state index is 13.0. The fourth-order valence-electron chi connectivity index (χ4n) is 5.51. The number of hydrogen-bond acceptors (Lipinski definition) is 4. The van der Waals surface area contributed by atoms with Crippen molar-refractivity contribution in [1.82, 2.24) is 24.3 Å². The van der Waals surface area contributed by atoms with Gasteiger partial charge in [0.15, 0.2) is 0 Å². The van der Waals surface area contributed by atoms with E-state index in [0.717, 1.165) is 79.0 Å². The minimum Gasteiger partial charge on any atom is -0.339 e. The highest BCUT2D eigenvalue weighted by Crippen LogP contribution is 2.34. The molecule has 1 fully saturated rings. The normalized spacial score (nSPS) is 17.8. The first kappa shape index (κ1) is 22.9. The highest BCUT2D eigenvalue weighted by atomic mass is 16.2. The van der Waals surface area contributed by atoms with Gasteiger partial charge < -0.3 is 9.47 Å². The van der Waals surface area contributed by atoms with E-state index >= 15 is 0 Å². The number of carbonyl (C=O) groups excluding carboxylic acids is 1. The van der Waals surface area contributed by atoms with Crippen molar-refractivity contribution < 1.29 is 4.79 Å². The molecule has 0 radical (unpaired) electrons. The predicted molar refractivity (Wildman–Crippen MR) is 144 cm³/mol. The summed E-state index contributed by atoms with van der Waals surface area (Å²) in [5.74, 6) is 0.131. The van der Waals surface area contributed by atoms with Crippen molar-refractivity contribution in [2.24, 2.45) is 5.41 Å². The first-order chi connectivity index (χ1) is 17.4. The topological polar surface area (TPSA) is 54.3 Å². The summed E-state index contributed by atoms with van der Waals surface area (Å²) in [5.41, 5.74) is 7.76. The molecular weight excluding hydrogens is 446 g/mol. The molecule has 3 aromatic heterocycles. The summed E-state index contributed by atoms with van der Waals surface area (Å²) in [6.07, 6.45) is 7.83. The average molecular weight is 480 g/mol. The fourth-order valence-corrected chi connectivity index (χ4v) is 5.51. The highest BCUT2D eigenvalue weighted by Gasteiger charge is 2.28. The second-order valence-electron chi connectivity index (χ2n) is 11.1. The molecule has 1 aromatic carbocycles. The lowest BCUT2D eigenvalue weighted by Gasteiger charge is -2.37. The van der Waals surface area contributed by atoms with E-state index in [-0.39, 0.29) is 5.91 Å². The Morgan fingerprint density at radius 3 is 2.42 bits per heavy atom. The Morgan fingerprint density at radius 2 is 1.64 bits per heavy atom. The number of likely N-dealkylation sites (tertiary alicyclic amines) is 1. The Morgan fingerprint density at radius 1 is 0.889 bits per heavy atom. The van der Waals surface area contributed by atoms with Crippen LogP contribution < -0.4 is 0 Å². The molecule has 6 nitrogen and oxygen atoms in total.